The Kier molecular flexibility index (Phi) is 3.23. The third-order valence-electron chi connectivity index (χ3n) is 6.03. The van der Waals surface area contributed by atoms with Crippen molar-refractivity contribution >= 4 is 11.6 Å². The molecule has 3 unspecified atom stereocenters. The van der Waals surface area contributed by atoms with Crippen molar-refractivity contribution in [2.24, 2.45) is 22.7 Å². The smallest absolute Gasteiger partial charge is 0.298 e. The number of nitrogens with zero attached hydrogens (tertiary/aromatic N) is 2. The van der Waals surface area contributed by atoms with Crippen molar-refractivity contribution in [3.05, 3.63) is 23.8 Å². The molecule has 23 heavy (non-hydrogen) atoms. The summed E-state index contributed by atoms with van der Waals surface area (Å²) in [5.41, 5.74) is -2.45. The summed E-state index contributed by atoms with van der Waals surface area (Å²) in [5.74, 6) is -1.85. The molecule has 0 radical (unpaired) electrons. The van der Waals surface area contributed by atoms with Gasteiger partial charge < -0.3 is 0 Å². The molecule has 0 spiro atoms. The third-order valence-corrected chi connectivity index (χ3v) is 6.03. The highest BCUT2D eigenvalue weighted by atomic mass is 19.4. The van der Waals surface area contributed by atoms with Crippen LogP contribution in [0.3, 0.4) is 0 Å². The standard InChI is InChI=1S/C16H17F3N2O2/c1-14(2)8-4-5-15(14,3)13(23)11(8)12(22)9-6-10(16(17,18)19)21-7-20-9/h6-8,11H,4-5H2,1-3H3. The number of ketones is 2. The van der Waals surface area contributed by atoms with Gasteiger partial charge in [0, 0.05) is 5.41 Å². The number of aromatic nitrogens is 2. The monoisotopic (exact) mass is 326 g/mol. The highest BCUT2D eigenvalue weighted by Crippen LogP contribution is 2.66. The molecule has 1 aromatic heterocycles. The highest BCUT2D eigenvalue weighted by molar-refractivity contribution is 6.13. The van der Waals surface area contributed by atoms with Crippen LogP contribution < -0.4 is 0 Å². The van der Waals surface area contributed by atoms with E-state index in [9.17, 15) is 22.8 Å². The fourth-order valence-corrected chi connectivity index (χ4v) is 4.19. The van der Waals surface area contributed by atoms with Crippen LogP contribution in [-0.2, 0) is 11.0 Å². The number of hydrogen-bond acceptors (Lipinski definition) is 4. The average molecular weight is 326 g/mol. The number of Topliss-reactive ketones (excluding diaryl/α,β-unsaturated/α-hetero) is 2. The van der Waals surface area contributed by atoms with E-state index in [1.165, 1.54) is 0 Å². The first-order chi connectivity index (χ1) is 10.5. The number of carbonyl (C=O) groups is 2. The van der Waals surface area contributed by atoms with Gasteiger partial charge in [-0.15, -0.1) is 0 Å². The number of fused-ring (bicyclic) bond motifs is 2. The van der Waals surface area contributed by atoms with Gasteiger partial charge in [0.1, 0.15) is 23.5 Å². The van der Waals surface area contributed by atoms with Gasteiger partial charge in [-0.25, -0.2) is 9.97 Å². The molecule has 0 aromatic carbocycles. The Bertz CT molecular complexity index is 699. The second-order valence-corrected chi connectivity index (χ2v) is 7.19. The molecule has 0 N–H and O–H groups in total. The molecule has 3 rings (SSSR count). The van der Waals surface area contributed by atoms with Crippen LogP contribution in [0.4, 0.5) is 13.2 Å². The van der Waals surface area contributed by atoms with Gasteiger partial charge >= 0.3 is 6.18 Å². The first-order valence-electron chi connectivity index (χ1n) is 7.48. The van der Waals surface area contributed by atoms with Gasteiger partial charge in [0.25, 0.3) is 0 Å². The van der Waals surface area contributed by atoms with E-state index in [1.807, 2.05) is 20.8 Å². The lowest BCUT2D eigenvalue weighted by atomic mass is 9.70. The average Bonchev–Trinajstić information content (AvgIpc) is 2.78. The molecule has 0 amide bonds. The molecule has 2 bridgehead atoms. The molecule has 2 aliphatic carbocycles. The quantitative estimate of drug-likeness (QED) is 0.618. The van der Waals surface area contributed by atoms with Crippen molar-refractivity contribution in [1.82, 2.24) is 9.97 Å². The normalized spacial score (nSPS) is 32.3. The Hall–Kier alpha value is -1.79. The predicted molar refractivity (Wildman–Crippen MR) is 74.5 cm³/mol. The minimum Gasteiger partial charge on any atom is -0.298 e. The van der Waals surface area contributed by atoms with Crippen LogP contribution in [0.25, 0.3) is 0 Å². The fourth-order valence-electron chi connectivity index (χ4n) is 4.19. The first-order valence-corrected chi connectivity index (χ1v) is 7.48. The van der Waals surface area contributed by atoms with Gasteiger partial charge in [0.2, 0.25) is 0 Å². The van der Waals surface area contributed by atoms with Crippen LogP contribution in [0, 0.1) is 22.7 Å². The molecular formula is C16H17F3N2O2. The molecular weight excluding hydrogens is 309 g/mol. The number of hydrogen-bond donors (Lipinski definition) is 0. The summed E-state index contributed by atoms with van der Waals surface area (Å²) in [7, 11) is 0. The molecule has 2 aliphatic rings. The third kappa shape index (κ3) is 2.05. The summed E-state index contributed by atoms with van der Waals surface area (Å²) in [6.07, 6.45) is -2.49. The molecule has 1 aromatic rings. The van der Waals surface area contributed by atoms with E-state index in [1.54, 1.807) is 0 Å². The lowest BCUT2D eigenvalue weighted by Crippen LogP contribution is -2.35. The van der Waals surface area contributed by atoms with Crippen molar-refractivity contribution in [1.29, 1.82) is 0 Å². The molecule has 0 saturated heterocycles. The SMILES string of the molecule is CC12CCC(C(C(=O)c3cc(C(F)(F)F)ncn3)C1=O)C2(C)C. The second kappa shape index (κ2) is 4.61. The van der Waals surface area contributed by atoms with Crippen LogP contribution >= 0.6 is 0 Å². The molecule has 2 saturated carbocycles. The van der Waals surface area contributed by atoms with Crippen LogP contribution in [0.15, 0.2) is 12.4 Å². The molecule has 0 aliphatic heterocycles. The summed E-state index contributed by atoms with van der Waals surface area (Å²) in [6.45, 7) is 5.76. The highest BCUT2D eigenvalue weighted by Gasteiger charge is 2.67. The van der Waals surface area contributed by atoms with E-state index >= 15 is 0 Å². The summed E-state index contributed by atoms with van der Waals surface area (Å²) >= 11 is 0. The summed E-state index contributed by atoms with van der Waals surface area (Å²) in [6, 6.07) is 0.636. The predicted octanol–water partition coefficient (Wildman–Crippen LogP) is 3.32. The van der Waals surface area contributed by atoms with E-state index in [4.69, 9.17) is 0 Å². The lowest BCUT2D eigenvalue weighted by molar-refractivity contribution is -0.141. The van der Waals surface area contributed by atoms with Crippen LogP contribution in [0.1, 0.15) is 49.8 Å². The van der Waals surface area contributed by atoms with Gasteiger partial charge in [-0.1, -0.05) is 20.8 Å². The summed E-state index contributed by atoms with van der Waals surface area (Å²) in [4.78, 5) is 32.2. The number of halogens is 3. The lowest BCUT2D eigenvalue weighted by Gasteiger charge is -2.32. The zero-order chi connectivity index (χ0) is 17.2. The molecule has 4 nitrogen and oxygen atoms in total. The van der Waals surface area contributed by atoms with Crippen molar-refractivity contribution < 1.29 is 22.8 Å². The minimum atomic E-state index is -4.65. The zero-order valence-electron chi connectivity index (χ0n) is 13.1. The molecule has 1 heterocycles. The van der Waals surface area contributed by atoms with Crippen LogP contribution in [-0.4, -0.2) is 21.5 Å². The van der Waals surface area contributed by atoms with Crippen LogP contribution in [0.2, 0.25) is 0 Å². The summed E-state index contributed by atoms with van der Waals surface area (Å²) < 4.78 is 38.3. The van der Waals surface area contributed by atoms with E-state index in [0.29, 0.717) is 12.5 Å². The van der Waals surface area contributed by atoms with Gasteiger partial charge in [0.15, 0.2) is 5.78 Å². The maximum atomic E-state index is 12.8. The Morgan fingerprint density at radius 3 is 2.43 bits per heavy atom. The Labute approximate surface area is 131 Å². The number of alkyl halides is 3. The number of rotatable bonds is 2. The minimum absolute atomic E-state index is 0.156. The van der Waals surface area contributed by atoms with Crippen molar-refractivity contribution in [2.75, 3.05) is 0 Å². The van der Waals surface area contributed by atoms with Crippen molar-refractivity contribution in [3.63, 3.8) is 0 Å². The van der Waals surface area contributed by atoms with E-state index in [2.05, 4.69) is 9.97 Å². The number of carbonyl (C=O) groups excluding carboxylic acids is 2. The Balaban J connectivity index is 1.98. The Morgan fingerprint density at radius 1 is 1.26 bits per heavy atom. The van der Waals surface area contributed by atoms with Gasteiger partial charge in [-0.2, -0.15) is 13.2 Å². The first kappa shape index (κ1) is 16.1. The van der Waals surface area contributed by atoms with Gasteiger partial charge in [-0.3, -0.25) is 9.59 Å². The van der Waals surface area contributed by atoms with E-state index in [-0.39, 0.29) is 22.8 Å². The molecule has 3 atom stereocenters. The van der Waals surface area contributed by atoms with Crippen molar-refractivity contribution in [3.8, 4) is 0 Å². The topological polar surface area (TPSA) is 59.9 Å². The zero-order valence-corrected chi connectivity index (χ0v) is 13.1. The summed E-state index contributed by atoms with van der Waals surface area (Å²) in [5, 5.41) is 0. The Morgan fingerprint density at radius 2 is 1.91 bits per heavy atom. The van der Waals surface area contributed by atoms with E-state index < -0.39 is 29.0 Å². The van der Waals surface area contributed by atoms with E-state index in [0.717, 1.165) is 12.7 Å². The molecule has 2 fully saturated rings. The van der Waals surface area contributed by atoms with Gasteiger partial charge in [0.05, 0.1) is 5.92 Å². The fraction of sp³-hybridized carbons (Fsp3) is 0.625. The van der Waals surface area contributed by atoms with Crippen molar-refractivity contribution in [2.45, 2.75) is 39.8 Å². The van der Waals surface area contributed by atoms with Crippen LogP contribution in [0.5, 0.6) is 0 Å². The second-order valence-electron chi connectivity index (χ2n) is 7.19. The molecule has 124 valence electrons. The largest absolute Gasteiger partial charge is 0.433 e. The molecule has 7 heteroatoms. The maximum Gasteiger partial charge on any atom is 0.433 e. The van der Waals surface area contributed by atoms with Gasteiger partial charge in [-0.05, 0) is 30.2 Å². The maximum absolute atomic E-state index is 12.8.